The lowest BCUT2D eigenvalue weighted by Crippen LogP contribution is -2.32. The lowest BCUT2D eigenvalue weighted by Gasteiger charge is -2.20. The van der Waals surface area contributed by atoms with Gasteiger partial charge < -0.3 is 14.2 Å². The van der Waals surface area contributed by atoms with Crippen LogP contribution in [0.25, 0.3) is 0 Å². The van der Waals surface area contributed by atoms with Crippen molar-refractivity contribution in [2.24, 2.45) is 5.10 Å². The van der Waals surface area contributed by atoms with Gasteiger partial charge in [-0.15, -0.1) is 0 Å². The monoisotopic (exact) mass is 363 g/mol. The summed E-state index contributed by atoms with van der Waals surface area (Å²) in [5.74, 6) is 1.25. The molecule has 6 nitrogen and oxygen atoms in total. The highest BCUT2D eigenvalue weighted by atomic mass is 16.3. The van der Waals surface area contributed by atoms with Gasteiger partial charge in [0.15, 0.2) is 0 Å². The van der Waals surface area contributed by atoms with Gasteiger partial charge in [-0.05, 0) is 61.4 Å². The molecule has 27 heavy (non-hydrogen) atoms. The normalized spacial score (nSPS) is 16.4. The number of hydrogen-bond donors (Lipinski definition) is 1. The van der Waals surface area contributed by atoms with E-state index in [1.54, 1.807) is 12.5 Å². The second-order valence-corrected chi connectivity index (χ2v) is 6.65. The molecule has 1 aliphatic heterocycles. The van der Waals surface area contributed by atoms with Gasteiger partial charge in [-0.2, -0.15) is 5.10 Å². The Morgan fingerprint density at radius 2 is 1.96 bits per heavy atom. The molecule has 1 atom stereocenters. The third-order valence-corrected chi connectivity index (χ3v) is 4.79. The standard InChI is InChI=1S/C21H21N3O3/c1-14-7-8-16(11-15(14)2)22-13-21(25)24-18(20-6-4-10-27-20)12-17(23-24)19-5-3-9-26-19/h3-11,18,22H,12-13H2,1-2H3. The summed E-state index contributed by atoms with van der Waals surface area (Å²) in [7, 11) is 0. The first-order valence-electron chi connectivity index (χ1n) is 8.90. The van der Waals surface area contributed by atoms with Crippen molar-refractivity contribution in [1.82, 2.24) is 5.01 Å². The van der Waals surface area contributed by atoms with Gasteiger partial charge in [0.25, 0.3) is 5.91 Å². The molecule has 1 N–H and O–H groups in total. The van der Waals surface area contributed by atoms with Gasteiger partial charge in [0.1, 0.15) is 23.3 Å². The first-order chi connectivity index (χ1) is 13.1. The highest BCUT2D eigenvalue weighted by Gasteiger charge is 2.35. The zero-order valence-corrected chi connectivity index (χ0v) is 15.3. The third-order valence-electron chi connectivity index (χ3n) is 4.79. The number of aryl methyl sites for hydroxylation is 2. The highest BCUT2D eigenvalue weighted by molar-refractivity contribution is 6.01. The molecule has 0 saturated heterocycles. The van der Waals surface area contributed by atoms with Gasteiger partial charge >= 0.3 is 0 Å². The van der Waals surface area contributed by atoms with E-state index in [0.717, 1.165) is 11.4 Å². The topological polar surface area (TPSA) is 71.0 Å². The number of benzene rings is 1. The van der Waals surface area contributed by atoms with Gasteiger partial charge in [0, 0.05) is 12.1 Å². The fourth-order valence-corrected chi connectivity index (χ4v) is 3.14. The summed E-state index contributed by atoms with van der Waals surface area (Å²) in [5.41, 5.74) is 4.05. The van der Waals surface area contributed by atoms with Crippen LogP contribution in [-0.2, 0) is 4.79 Å². The minimum atomic E-state index is -0.269. The summed E-state index contributed by atoms with van der Waals surface area (Å²) in [6, 6.07) is 13.1. The van der Waals surface area contributed by atoms with Crippen molar-refractivity contribution in [2.75, 3.05) is 11.9 Å². The van der Waals surface area contributed by atoms with E-state index >= 15 is 0 Å². The summed E-state index contributed by atoms with van der Waals surface area (Å²) in [4.78, 5) is 12.9. The number of nitrogens with zero attached hydrogens (tertiary/aromatic N) is 2. The SMILES string of the molecule is Cc1ccc(NCC(=O)N2N=C(c3ccco3)CC2c2ccco2)cc1C. The molecule has 3 aromatic rings. The Labute approximate surface area is 157 Å². The lowest BCUT2D eigenvalue weighted by atomic mass is 10.1. The maximum absolute atomic E-state index is 12.9. The van der Waals surface area contributed by atoms with Crippen molar-refractivity contribution in [2.45, 2.75) is 26.3 Å². The molecular formula is C21H21N3O3. The number of carbonyl (C=O) groups is 1. The molecule has 0 spiro atoms. The predicted molar refractivity (Wildman–Crippen MR) is 103 cm³/mol. The van der Waals surface area contributed by atoms with Crippen LogP contribution in [0.15, 0.2) is 68.9 Å². The fourth-order valence-electron chi connectivity index (χ4n) is 3.14. The average molecular weight is 363 g/mol. The van der Waals surface area contributed by atoms with Crippen LogP contribution >= 0.6 is 0 Å². The maximum atomic E-state index is 12.9. The number of anilines is 1. The van der Waals surface area contributed by atoms with Crippen LogP contribution in [0.4, 0.5) is 5.69 Å². The summed E-state index contributed by atoms with van der Waals surface area (Å²) < 4.78 is 11.0. The van der Waals surface area contributed by atoms with Gasteiger partial charge in [-0.25, -0.2) is 5.01 Å². The second-order valence-electron chi connectivity index (χ2n) is 6.65. The number of carbonyl (C=O) groups excluding carboxylic acids is 1. The van der Waals surface area contributed by atoms with E-state index in [-0.39, 0.29) is 18.5 Å². The Bertz CT molecular complexity index is 959. The molecule has 4 rings (SSSR count). The maximum Gasteiger partial charge on any atom is 0.262 e. The average Bonchev–Trinajstić information content (AvgIpc) is 3.41. The summed E-state index contributed by atoms with van der Waals surface area (Å²) >= 11 is 0. The van der Waals surface area contributed by atoms with Crippen LogP contribution in [0.1, 0.15) is 35.1 Å². The third kappa shape index (κ3) is 3.51. The zero-order valence-electron chi connectivity index (χ0n) is 15.3. The van der Waals surface area contributed by atoms with Crippen LogP contribution in [-0.4, -0.2) is 23.2 Å². The van der Waals surface area contributed by atoms with Crippen molar-refractivity contribution in [3.63, 3.8) is 0 Å². The summed E-state index contributed by atoms with van der Waals surface area (Å²) in [6.45, 7) is 4.26. The van der Waals surface area contributed by atoms with Crippen molar-refractivity contribution in [1.29, 1.82) is 0 Å². The molecule has 2 aromatic heterocycles. The van der Waals surface area contributed by atoms with Crippen molar-refractivity contribution in [3.8, 4) is 0 Å². The molecule has 138 valence electrons. The van der Waals surface area contributed by atoms with E-state index in [1.165, 1.54) is 16.1 Å². The van der Waals surface area contributed by atoms with E-state index in [4.69, 9.17) is 8.83 Å². The molecular weight excluding hydrogens is 342 g/mol. The van der Waals surface area contributed by atoms with E-state index in [2.05, 4.69) is 24.3 Å². The number of hydrogen-bond acceptors (Lipinski definition) is 5. The number of nitrogens with one attached hydrogen (secondary N) is 1. The molecule has 0 saturated carbocycles. The van der Waals surface area contributed by atoms with E-state index in [1.807, 2.05) is 42.5 Å². The van der Waals surface area contributed by atoms with Crippen LogP contribution in [0.3, 0.4) is 0 Å². The van der Waals surface area contributed by atoms with Crippen molar-refractivity contribution in [3.05, 3.63) is 77.6 Å². The molecule has 1 aliphatic rings. The molecule has 6 heteroatoms. The molecule has 1 aromatic carbocycles. The van der Waals surface area contributed by atoms with Crippen molar-refractivity contribution >= 4 is 17.3 Å². The molecule has 1 amide bonds. The summed E-state index contributed by atoms with van der Waals surface area (Å²) in [6.07, 6.45) is 3.76. The smallest absolute Gasteiger partial charge is 0.262 e. The minimum absolute atomic E-state index is 0.129. The first kappa shape index (κ1) is 17.1. The Hall–Kier alpha value is -3.28. The number of rotatable bonds is 5. The van der Waals surface area contributed by atoms with Gasteiger partial charge in [-0.1, -0.05) is 6.07 Å². The van der Waals surface area contributed by atoms with E-state index < -0.39 is 0 Å². The van der Waals surface area contributed by atoms with Gasteiger partial charge in [0.2, 0.25) is 0 Å². The molecule has 0 aliphatic carbocycles. The van der Waals surface area contributed by atoms with Crippen LogP contribution in [0, 0.1) is 13.8 Å². The quantitative estimate of drug-likeness (QED) is 0.734. The summed E-state index contributed by atoms with van der Waals surface area (Å²) in [5, 5.41) is 9.20. The molecule has 0 bridgehead atoms. The van der Waals surface area contributed by atoms with Crippen LogP contribution < -0.4 is 5.32 Å². The second kappa shape index (κ2) is 7.15. The predicted octanol–water partition coefficient (Wildman–Crippen LogP) is 4.28. The zero-order chi connectivity index (χ0) is 18.8. The van der Waals surface area contributed by atoms with Crippen molar-refractivity contribution < 1.29 is 13.6 Å². The van der Waals surface area contributed by atoms with E-state index in [9.17, 15) is 4.79 Å². The molecule has 3 heterocycles. The Morgan fingerprint density at radius 1 is 1.15 bits per heavy atom. The Balaban J connectivity index is 1.52. The molecule has 1 unspecified atom stereocenters. The number of hydrazone groups is 1. The van der Waals surface area contributed by atoms with Crippen LogP contribution in [0.5, 0.6) is 0 Å². The molecule has 0 radical (unpaired) electrons. The number of furan rings is 2. The van der Waals surface area contributed by atoms with E-state index in [0.29, 0.717) is 17.9 Å². The lowest BCUT2D eigenvalue weighted by molar-refractivity contribution is -0.131. The minimum Gasteiger partial charge on any atom is -0.467 e. The van der Waals surface area contributed by atoms with Crippen LogP contribution in [0.2, 0.25) is 0 Å². The Kier molecular flexibility index (Phi) is 4.54. The largest absolute Gasteiger partial charge is 0.467 e. The fraction of sp³-hybridized carbons (Fsp3) is 0.238. The highest BCUT2D eigenvalue weighted by Crippen LogP contribution is 2.33. The molecule has 0 fully saturated rings. The van der Waals surface area contributed by atoms with Gasteiger partial charge in [0.05, 0.1) is 19.1 Å². The number of amides is 1. The van der Waals surface area contributed by atoms with Gasteiger partial charge in [-0.3, -0.25) is 4.79 Å². The first-order valence-corrected chi connectivity index (χ1v) is 8.90. The Morgan fingerprint density at radius 3 is 2.67 bits per heavy atom.